The van der Waals surface area contributed by atoms with Crippen molar-refractivity contribution < 1.29 is 18.3 Å². The van der Waals surface area contributed by atoms with E-state index in [9.17, 15) is 13.6 Å². The molecule has 0 radical (unpaired) electrons. The molecule has 1 amide bonds. The fourth-order valence-electron chi connectivity index (χ4n) is 5.25. The van der Waals surface area contributed by atoms with E-state index in [4.69, 9.17) is 4.74 Å². The van der Waals surface area contributed by atoms with E-state index in [1.807, 2.05) is 31.3 Å². The van der Waals surface area contributed by atoms with E-state index < -0.39 is 13.0 Å². The lowest BCUT2D eigenvalue weighted by molar-refractivity contribution is -0.143. The summed E-state index contributed by atoms with van der Waals surface area (Å²) >= 11 is 0. The zero-order valence-electron chi connectivity index (χ0n) is 20.9. The number of H-pyrrole nitrogens is 1. The van der Waals surface area contributed by atoms with Crippen LogP contribution in [0.25, 0.3) is 33.2 Å². The van der Waals surface area contributed by atoms with E-state index in [1.54, 1.807) is 33.0 Å². The van der Waals surface area contributed by atoms with Crippen molar-refractivity contribution in [3.8, 4) is 17.0 Å². The maximum Gasteiger partial charge on any atom is 0.256 e. The number of benzene rings is 1. The summed E-state index contributed by atoms with van der Waals surface area (Å²) in [5.41, 5.74) is 3.10. The molecule has 0 atom stereocenters. The number of aromatic nitrogens is 5. The number of carbonyl (C=O) groups excluding carboxylic acids is 1. The van der Waals surface area contributed by atoms with E-state index in [-0.39, 0.29) is 17.4 Å². The molecule has 0 saturated heterocycles. The predicted octanol–water partition coefficient (Wildman–Crippen LogP) is 4.23. The van der Waals surface area contributed by atoms with Gasteiger partial charge in [0.1, 0.15) is 11.5 Å². The second-order valence-corrected chi connectivity index (χ2v) is 9.86. The van der Waals surface area contributed by atoms with Crippen molar-refractivity contribution in [3.05, 3.63) is 30.2 Å². The summed E-state index contributed by atoms with van der Waals surface area (Å²) < 4.78 is 33.4. The molecule has 190 valence electrons. The van der Waals surface area contributed by atoms with Gasteiger partial charge in [-0.2, -0.15) is 9.97 Å². The second-order valence-electron chi connectivity index (χ2n) is 9.86. The molecule has 5 rings (SSSR count). The maximum atomic E-state index is 13.2. The molecule has 0 unspecified atom stereocenters. The number of methoxy groups -OCH3 is 1. The van der Waals surface area contributed by atoms with Crippen LogP contribution in [0.1, 0.15) is 25.6 Å². The van der Waals surface area contributed by atoms with Crippen LogP contribution in [-0.2, 0) is 11.3 Å². The lowest BCUT2D eigenvalue weighted by atomic mass is 9.66. The van der Waals surface area contributed by atoms with Gasteiger partial charge in [0.05, 0.1) is 35.5 Å². The van der Waals surface area contributed by atoms with Crippen LogP contribution < -0.4 is 10.1 Å². The van der Waals surface area contributed by atoms with E-state index in [2.05, 4.69) is 25.3 Å². The smallest absolute Gasteiger partial charge is 0.256 e. The zero-order valence-corrected chi connectivity index (χ0v) is 20.9. The number of aryl methyl sites for hydroxylation is 1. The number of carbonyl (C=O) groups is 1. The third kappa shape index (κ3) is 4.02. The van der Waals surface area contributed by atoms with Gasteiger partial charge in [0.15, 0.2) is 0 Å². The molecular weight excluding hydrogens is 468 g/mol. The molecule has 11 heteroatoms. The van der Waals surface area contributed by atoms with Gasteiger partial charge >= 0.3 is 0 Å². The average Bonchev–Trinajstić information content (AvgIpc) is 3.37. The second kappa shape index (κ2) is 8.72. The highest BCUT2D eigenvalue weighted by atomic mass is 19.3. The molecule has 4 aromatic rings. The molecule has 3 heterocycles. The zero-order chi connectivity index (χ0) is 25.8. The quantitative estimate of drug-likeness (QED) is 0.396. The number of hydrogen-bond donors (Lipinski definition) is 2. The molecule has 0 bridgehead atoms. The lowest BCUT2D eigenvalue weighted by Gasteiger charge is -2.45. The topological polar surface area (TPSA) is 101 Å². The van der Waals surface area contributed by atoms with E-state index >= 15 is 0 Å². The number of imidazole rings is 1. The summed E-state index contributed by atoms with van der Waals surface area (Å²) in [6, 6.07) is 5.65. The highest BCUT2D eigenvalue weighted by Gasteiger charge is 2.47. The molecule has 3 aromatic heterocycles. The third-order valence-electron chi connectivity index (χ3n) is 6.91. The van der Waals surface area contributed by atoms with Crippen LogP contribution in [-0.4, -0.2) is 69.0 Å². The Labute approximate surface area is 206 Å². The Balaban J connectivity index is 1.46. The summed E-state index contributed by atoms with van der Waals surface area (Å²) in [6.45, 7) is 3.28. The van der Waals surface area contributed by atoms with Gasteiger partial charge in [-0.15, -0.1) is 0 Å². The number of amides is 1. The van der Waals surface area contributed by atoms with Gasteiger partial charge in [-0.1, -0.05) is 13.0 Å². The number of halogens is 2. The molecule has 1 fully saturated rings. The van der Waals surface area contributed by atoms with Crippen LogP contribution in [0.4, 0.5) is 14.7 Å². The standard InChI is InChI=1S/C25H29F2N7O2/c1-13-29-17-7-6-14(8-18(17)34(13)12-19(26)27)16-11-28-21-20(16)22(36-5)32-24(31-21)30-15-9-25(2,10-15)23(35)33(3)4/h6-8,11,15,19H,9-10,12H2,1-5H3,(H2,28,30,31,32). The Hall–Kier alpha value is -3.76. The van der Waals surface area contributed by atoms with Crippen molar-refractivity contribution in [2.45, 2.75) is 45.7 Å². The summed E-state index contributed by atoms with van der Waals surface area (Å²) in [7, 11) is 5.08. The number of aromatic amines is 1. The van der Waals surface area contributed by atoms with Crippen LogP contribution in [0, 0.1) is 12.3 Å². The molecule has 1 aliphatic carbocycles. The summed E-state index contributed by atoms with van der Waals surface area (Å²) in [4.78, 5) is 30.8. The van der Waals surface area contributed by atoms with Gasteiger partial charge in [-0.25, -0.2) is 13.8 Å². The number of rotatable bonds is 7. The first kappa shape index (κ1) is 24.0. The van der Waals surface area contributed by atoms with Crippen LogP contribution in [0.2, 0.25) is 0 Å². The van der Waals surface area contributed by atoms with Crippen molar-refractivity contribution >= 4 is 33.9 Å². The van der Waals surface area contributed by atoms with Crippen molar-refractivity contribution in [2.24, 2.45) is 5.41 Å². The number of alkyl halides is 2. The molecule has 1 saturated carbocycles. The third-order valence-corrected chi connectivity index (χ3v) is 6.91. The Morgan fingerprint density at radius 3 is 2.72 bits per heavy atom. The average molecular weight is 498 g/mol. The normalized spacial score (nSPS) is 19.6. The molecule has 36 heavy (non-hydrogen) atoms. The Morgan fingerprint density at radius 1 is 1.31 bits per heavy atom. The summed E-state index contributed by atoms with van der Waals surface area (Å²) in [6.07, 6.45) is 0.709. The monoisotopic (exact) mass is 497 g/mol. The summed E-state index contributed by atoms with van der Waals surface area (Å²) in [5.74, 6) is 1.46. The van der Waals surface area contributed by atoms with Crippen molar-refractivity contribution in [1.82, 2.24) is 29.4 Å². The van der Waals surface area contributed by atoms with Crippen molar-refractivity contribution in [2.75, 3.05) is 26.5 Å². The van der Waals surface area contributed by atoms with E-state index in [0.717, 1.165) is 11.1 Å². The van der Waals surface area contributed by atoms with Crippen LogP contribution >= 0.6 is 0 Å². The fraction of sp³-hybridized carbons (Fsp3) is 0.440. The molecular formula is C25H29F2N7O2. The Morgan fingerprint density at radius 2 is 2.06 bits per heavy atom. The molecule has 0 aliphatic heterocycles. The minimum absolute atomic E-state index is 0.0799. The van der Waals surface area contributed by atoms with Gasteiger partial charge in [-0.05, 0) is 37.5 Å². The van der Waals surface area contributed by atoms with Crippen LogP contribution in [0.3, 0.4) is 0 Å². The Kier molecular flexibility index (Phi) is 5.80. The number of hydrogen-bond acceptors (Lipinski definition) is 6. The molecule has 0 spiro atoms. The van der Waals surface area contributed by atoms with Gasteiger partial charge < -0.3 is 24.5 Å². The maximum absolute atomic E-state index is 13.2. The number of anilines is 1. The van der Waals surface area contributed by atoms with Crippen LogP contribution in [0.5, 0.6) is 5.88 Å². The minimum atomic E-state index is -2.48. The lowest BCUT2D eigenvalue weighted by Crippen LogP contribution is -2.52. The molecule has 1 aliphatic rings. The first-order valence-corrected chi connectivity index (χ1v) is 11.8. The molecule has 9 nitrogen and oxygen atoms in total. The van der Waals surface area contributed by atoms with Crippen LogP contribution in [0.15, 0.2) is 24.4 Å². The van der Waals surface area contributed by atoms with Gasteiger partial charge in [0.25, 0.3) is 6.43 Å². The molecule has 2 N–H and O–H groups in total. The first-order valence-electron chi connectivity index (χ1n) is 11.8. The number of nitrogens with zero attached hydrogens (tertiary/aromatic N) is 5. The van der Waals surface area contributed by atoms with Gasteiger partial charge in [0.2, 0.25) is 17.7 Å². The predicted molar refractivity (Wildman–Crippen MR) is 133 cm³/mol. The SMILES string of the molecule is COc1nc(NC2CC(C)(C(=O)N(C)C)C2)nc2[nH]cc(-c3ccc4nc(C)n(CC(F)F)c4c3)c12. The van der Waals surface area contributed by atoms with Gasteiger partial charge in [-0.3, -0.25) is 4.79 Å². The first-order chi connectivity index (χ1) is 17.1. The fourth-order valence-corrected chi connectivity index (χ4v) is 5.25. The van der Waals surface area contributed by atoms with E-state index in [1.165, 1.54) is 4.57 Å². The largest absolute Gasteiger partial charge is 0.480 e. The van der Waals surface area contributed by atoms with Gasteiger partial charge in [0, 0.05) is 31.9 Å². The van der Waals surface area contributed by atoms with E-state index in [0.29, 0.717) is 52.6 Å². The number of ether oxygens (including phenoxy) is 1. The minimum Gasteiger partial charge on any atom is -0.480 e. The van der Waals surface area contributed by atoms with Crippen molar-refractivity contribution in [1.29, 1.82) is 0 Å². The molecule has 1 aromatic carbocycles. The number of nitrogens with one attached hydrogen (secondary N) is 2. The highest BCUT2D eigenvalue weighted by Crippen LogP contribution is 2.43. The highest BCUT2D eigenvalue weighted by molar-refractivity contribution is 5.99. The summed E-state index contributed by atoms with van der Waals surface area (Å²) in [5, 5.41) is 4.01. The Bertz CT molecular complexity index is 1450. The van der Waals surface area contributed by atoms with Crippen molar-refractivity contribution in [3.63, 3.8) is 0 Å². The number of fused-ring (bicyclic) bond motifs is 2.